The highest BCUT2D eigenvalue weighted by Gasteiger charge is 2.75. The number of hydrogen-bond acceptors (Lipinski definition) is 3. The van der Waals surface area contributed by atoms with E-state index in [4.69, 9.17) is 10.5 Å². The zero-order valence-electron chi connectivity index (χ0n) is 12.3. The van der Waals surface area contributed by atoms with Crippen molar-refractivity contribution in [1.82, 2.24) is 0 Å². The minimum atomic E-state index is -6.72. The first-order valence-corrected chi connectivity index (χ1v) is 6.39. The Morgan fingerprint density at radius 1 is 0.846 bits per heavy atom. The van der Waals surface area contributed by atoms with E-state index in [2.05, 4.69) is 0 Å². The maximum atomic E-state index is 13.5. The molecule has 2 atom stereocenters. The highest BCUT2D eigenvalue weighted by atomic mass is 19.4. The lowest BCUT2D eigenvalue weighted by atomic mass is 9.80. The van der Waals surface area contributed by atoms with E-state index in [9.17, 15) is 53.4 Å². The number of rotatable bonds is 8. The second kappa shape index (κ2) is 7.42. The smallest absolute Gasteiger partial charge is 0.374 e. The van der Waals surface area contributed by atoms with E-state index >= 15 is 0 Å². The number of halogens is 11. The molecule has 0 aliphatic carbocycles. The van der Waals surface area contributed by atoms with Gasteiger partial charge in [0.25, 0.3) is 0 Å². The van der Waals surface area contributed by atoms with Gasteiger partial charge >= 0.3 is 30.4 Å². The summed E-state index contributed by atoms with van der Waals surface area (Å²) < 4.78 is 139. The van der Waals surface area contributed by atoms with Gasteiger partial charge in [0.05, 0.1) is 18.1 Å². The normalized spacial score (nSPS) is 17.3. The Hall–Kier alpha value is -1.83. The van der Waals surface area contributed by atoms with Crippen LogP contribution in [0.25, 0.3) is 0 Å². The van der Waals surface area contributed by atoms with Gasteiger partial charge in [0, 0.05) is 12.8 Å². The summed E-state index contributed by atoms with van der Waals surface area (Å²) in [6, 6.07) is 1.31. The van der Waals surface area contributed by atoms with Crippen LogP contribution in [0.15, 0.2) is 0 Å². The van der Waals surface area contributed by atoms with Crippen LogP contribution in [0.5, 0.6) is 0 Å². The molecule has 0 aromatic carbocycles. The Bertz CT molecular complexity index is 575. The number of aliphatic hydroxyl groups is 1. The van der Waals surface area contributed by atoms with Gasteiger partial charge < -0.3 is 5.11 Å². The van der Waals surface area contributed by atoms with Crippen molar-refractivity contribution in [2.24, 2.45) is 5.92 Å². The summed E-state index contributed by atoms with van der Waals surface area (Å²) in [5, 5.41) is 26.8. The standard InChI is InChI=1S/C12H9F11N2O/c13-7(14)11(20,21)12(22,23)9(15,16)3-6(4-24)8(26,5-25)1-2-10(17,18)19/h6-7,26H,1-3H2. The number of hydrogen-bond donors (Lipinski definition) is 1. The van der Waals surface area contributed by atoms with Gasteiger partial charge in [-0.2, -0.15) is 50.0 Å². The largest absolute Gasteiger partial charge is 0.389 e. The van der Waals surface area contributed by atoms with E-state index in [1.54, 1.807) is 0 Å². The van der Waals surface area contributed by atoms with Crippen LogP contribution in [0, 0.1) is 28.6 Å². The van der Waals surface area contributed by atoms with Gasteiger partial charge in [-0.15, -0.1) is 0 Å². The molecular weight excluding hydrogens is 397 g/mol. The molecule has 0 bridgehead atoms. The van der Waals surface area contributed by atoms with E-state index in [1.807, 2.05) is 0 Å². The fraction of sp³-hybridized carbons (Fsp3) is 0.833. The first kappa shape index (κ1) is 24.2. The zero-order valence-corrected chi connectivity index (χ0v) is 12.3. The lowest BCUT2D eigenvalue weighted by Gasteiger charge is -2.35. The molecule has 0 fully saturated rings. The highest BCUT2D eigenvalue weighted by Crippen LogP contribution is 2.51. The minimum Gasteiger partial charge on any atom is -0.374 e. The molecule has 1 N–H and O–H groups in total. The zero-order chi connectivity index (χ0) is 21.2. The van der Waals surface area contributed by atoms with Crippen LogP contribution in [0.1, 0.15) is 19.3 Å². The molecule has 14 heteroatoms. The summed E-state index contributed by atoms with van der Waals surface area (Å²) in [5.41, 5.74) is -3.57. The molecule has 0 aromatic heterocycles. The van der Waals surface area contributed by atoms with Crippen LogP contribution >= 0.6 is 0 Å². The maximum absolute atomic E-state index is 13.5. The third kappa shape index (κ3) is 4.87. The molecular formula is C12H9F11N2O. The molecule has 0 aliphatic rings. The quantitative estimate of drug-likeness (QED) is 0.483. The summed E-state index contributed by atoms with van der Waals surface area (Å²) >= 11 is 0. The van der Waals surface area contributed by atoms with Crippen molar-refractivity contribution in [2.45, 2.75) is 55.2 Å². The lowest BCUT2D eigenvalue weighted by Crippen LogP contribution is -2.58. The molecule has 0 saturated heterocycles. The Morgan fingerprint density at radius 3 is 1.62 bits per heavy atom. The minimum absolute atomic E-state index is 0.653. The van der Waals surface area contributed by atoms with Gasteiger partial charge in [0.15, 0.2) is 5.60 Å². The van der Waals surface area contributed by atoms with Gasteiger partial charge in [-0.25, -0.2) is 8.78 Å². The molecule has 150 valence electrons. The molecule has 0 amide bonds. The Kier molecular flexibility index (Phi) is 6.90. The summed E-state index contributed by atoms with van der Waals surface area (Å²) in [7, 11) is 0. The van der Waals surface area contributed by atoms with E-state index in [-0.39, 0.29) is 0 Å². The SMILES string of the molecule is N#CC(CC(F)(F)C(F)(F)C(F)(F)C(F)F)C(O)(C#N)CCC(F)(F)F. The number of nitrogens with zero attached hydrogens (tertiary/aromatic N) is 2. The van der Waals surface area contributed by atoms with Crippen molar-refractivity contribution >= 4 is 0 Å². The second-order valence-electron chi connectivity index (χ2n) is 5.24. The molecule has 0 heterocycles. The van der Waals surface area contributed by atoms with Crippen molar-refractivity contribution in [2.75, 3.05) is 0 Å². The summed E-state index contributed by atoms with van der Waals surface area (Å²) in [4.78, 5) is 0. The molecule has 26 heavy (non-hydrogen) atoms. The average Bonchev–Trinajstić information content (AvgIpc) is 2.48. The monoisotopic (exact) mass is 406 g/mol. The van der Waals surface area contributed by atoms with Crippen LogP contribution in [0.4, 0.5) is 48.3 Å². The third-order valence-corrected chi connectivity index (χ3v) is 3.33. The van der Waals surface area contributed by atoms with E-state index in [0.717, 1.165) is 0 Å². The fourth-order valence-electron chi connectivity index (χ4n) is 1.73. The Balaban J connectivity index is 5.73. The van der Waals surface area contributed by atoms with Crippen LogP contribution in [-0.2, 0) is 0 Å². The molecule has 0 spiro atoms. The molecule has 0 aliphatic heterocycles. The maximum Gasteiger partial charge on any atom is 0.389 e. The number of alkyl halides is 11. The van der Waals surface area contributed by atoms with E-state index in [1.165, 1.54) is 0 Å². The van der Waals surface area contributed by atoms with Crippen LogP contribution < -0.4 is 0 Å². The summed E-state index contributed by atoms with van der Waals surface area (Å²) in [5.74, 6) is -22.3. The Morgan fingerprint density at radius 2 is 1.31 bits per heavy atom. The molecule has 0 radical (unpaired) electrons. The van der Waals surface area contributed by atoms with Gasteiger partial charge in [-0.1, -0.05) is 0 Å². The molecule has 3 nitrogen and oxygen atoms in total. The van der Waals surface area contributed by atoms with Crippen molar-refractivity contribution in [3.05, 3.63) is 0 Å². The fourth-order valence-corrected chi connectivity index (χ4v) is 1.73. The van der Waals surface area contributed by atoms with Crippen LogP contribution in [-0.4, -0.2) is 41.1 Å². The first-order chi connectivity index (χ1) is 11.4. The summed E-state index contributed by atoms with van der Waals surface area (Å²) in [6.45, 7) is 0. The number of nitriles is 2. The topological polar surface area (TPSA) is 67.8 Å². The summed E-state index contributed by atoms with van der Waals surface area (Å²) in [6.07, 6.45) is -16.7. The average molecular weight is 406 g/mol. The Labute approximate surface area is 138 Å². The van der Waals surface area contributed by atoms with E-state index < -0.39 is 61.2 Å². The van der Waals surface area contributed by atoms with Crippen molar-refractivity contribution in [3.8, 4) is 12.1 Å². The lowest BCUT2D eigenvalue weighted by molar-refractivity contribution is -0.342. The van der Waals surface area contributed by atoms with Crippen molar-refractivity contribution in [3.63, 3.8) is 0 Å². The molecule has 0 saturated carbocycles. The molecule has 0 aromatic rings. The van der Waals surface area contributed by atoms with Crippen molar-refractivity contribution < 1.29 is 53.4 Å². The van der Waals surface area contributed by atoms with Gasteiger partial charge in [-0.05, 0) is 6.42 Å². The third-order valence-electron chi connectivity index (χ3n) is 3.33. The van der Waals surface area contributed by atoms with Gasteiger partial charge in [0.2, 0.25) is 0 Å². The van der Waals surface area contributed by atoms with Gasteiger partial charge in [-0.3, -0.25) is 0 Å². The second-order valence-corrected chi connectivity index (χ2v) is 5.24. The van der Waals surface area contributed by atoms with Gasteiger partial charge in [0.1, 0.15) is 0 Å². The molecule has 2 unspecified atom stereocenters. The first-order valence-electron chi connectivity index (χ1n) is 6.39. The molecule has 0 rings (SSSR count). The van der Waals surface area contributed by atoms with E-state index in [0.29, 0.717) is 12.1 Å². The predicted octanol–water partition coefficient (Wildman–Crippen LogP) is 4.28. The van der Waals surface area contributed by atoms with Crippen LogP contribution in [0.3, 0.4) is 0 Å². The van der Waals surface area contributed by atoms with Crippen LogP contribution in [0.2, 0.25) is 0 Å². The highest BCUT2D eigenvalue weighted by molar-refractivity contribution is 5.14. The predicted molar refractivity (Wildman–Crippen MR) is 60.4 cm³/mol. The van der Waals surface area contributed by atoms with Crippen molar-refractivity contribution in [1.29, 1.82) is 10.5 Å².